The lowest BCUT2D eigenvalue weighted by Crippen LogP contribution is -2.30. The van der Waals surface area contributed by atoms with Gasteiger partial charge in [0.2, 0.25) is 8.32 Å². The van der Waals surface area contributed by atoms with Crippen molar-refractivity contribution in [2.45, 2.75) is 19.6 Å². The van der Waals surface area contributed by atoms with E-state index in [0.717, 1.165) is 0 Å². The van der Waals surface area contributed by atoms with Crippen LogP contribution in [0.15, 0.2) is 18.3 Å². The summed E-state index contributed by atoms with van der Waals surface area (Å²) >= 11 is 0. The molecular formula is C8H12N2O3Si. The minimum atomic E-state index is -1.84. The van der Waals surface area contributed by atoms with E-state index in [1.165, 1.54) is 18.3 Å². The maximum Gasteiger partial charge on any atom is 0.329 e. The maximum atomic E-state index is 10.6. The number of hydrogen-bond acceptors (Lipinski definition) is 4. The van der Waals surface area contributed by atoms with Crippen LogP contribution in [0, 0.1) is 10.1 Å². The van der Waals surface area contributed by atoms with Crippen LogP contribution in [0.3, 0.4) is 0 Å². The normalized spacial score (nSPS) is 11.1. The van der Waals surface area contributed by atoms with E-state index in [1.807, 2.05) is 19.6 Å². The SMILES string of the molecule is C[Si](C)(C)Oc1ncccc1[N+](=O)[O-]. The molecule has 0 aliphatic rings. The summed E-state index contributed by atoms with van der Waals surface area (Å²) in [5.74, 6) is 0.122. The van der Waals surface area contributed by atoms with Crippen molar-refractivity contribution in [3.8, 4) is 5.88 Å². The molecule has 0 N–H and O–H groups in total. The number of rotatable bonds is 3. The van der Waals surface area contributed by atoms with E-state index < -0.39 is 13.2 Å². The molecule has 0 bridgehead atoms. The average molecular weight is 212 g/mol. The van der Waals surface area contributed by atoms with Crippen molar-refractivity contribution in [3.05, 3.63) is 28.4 Å². The third-order valence-corrected chi connectivity index (χ3v) is 2.16. The maximum absolute atomic E-state index is 10.6. The second-order valence-corrected chi connectivity index (χ2v) is 8.23. The summed E-state index contributed by atoms with van der Waals surface area (Å²) in [5, 5.41) is 10.6. The zero-order valence-electron chi connectivity index (χ0n) is 8.35. The van der Waals surface area contributed by atoms with Gasteiger partial charge in [0, 0.05) is 12.3 Å². The van der Waals surface area contributed by atoms with E-state index >= 15 is 0 Å². The first kappa shape index (κ1) is 10.6. The Morgan fingerprint density at radius 2 is 2.14 bits per heavy atom. The third-order valence-electron chi connectivity index (χ3n) is 1.35. The fourth-order valence-electron chi connectivity index (χ4n) is 0.890. The third kappa shape index (κ3) is 2.81. The zero-order chi connectivity index (χ0) is 10.8. The predicted molar refractivity (Wildman–Crippen MR) is 54.9 cm³/mol. The lowest BCUT2D eigenvalue weighted by Gasteiger charge is -2.17. The van der Waals surface area contributed by atoms with Crippen molar-refractivity contribution in [3.63, 3.8) is 0 Å². The van der Waals surface area contributed by atoms with Gasteiger partial charge in [-0.2, -0.15) is 0 Å². The highest BCUT2D eigenvalue weighted by molar-refractivity contribution is 6.70. The van der Waals surface area contributed by atoms with E-state index in [-0.39, 0.29) is 11.6 Å². The van der Waals surface area contributed by atoms with Gasteiger partial charge in [-0.1, -0.05) is 0 Å². The molecule has 0 radical (unpaired) electrons. The fourth-order valence-corrected chi connectivity index (χ4v) is 1.63. The van der Waals surface area contributed by atoms with E-state index in [4.69, 9.17) is 4.43 Å². The summed E-state index contributed by atoms with van der Waals surface area (Å²) in [6.07, 6.45) is 1.49. The molecule has 76 valence electrons. The molecule has 0 saturated carbocycles. The summed E-state index contributed by atoms with van der Waals surface area (Å²) in [4.78, 5) is 14.0. The molecule has 1 aromatic heterocycles. The molecule has 0 unspecified atom stereocenters. The molecule has 0 aromatic carbocycles. The highest BCUT2D eigenvalue weighted by atomic mass is 28.4. The lowest BCUT2D eigenvalue weighted by atomic mass is 10.4. The Balaban J connectivity index is 3.02. The highest BCUT2D eigenvalue weighted by Crippen LogP contribution is 2.25. The van der Waals surface area contributed by atoms with Crippen LogP contribution in [0.4, 0.5) is 5.69 Å². The van der Waals surface area contributed by atoms with Gasteiger partial charge in [-0.05, 0) is 25.7 Å². The standard InChI is InChI=1S/C8H12N2O3Si/c1-14(2,3)13-8-7(10(11)12)5-4-6-9-8/h4-6H,1-3H3. The summed E-state index contributed by atoms with van der Waals surface area (Å²) in [6, 6.07) is 2.91. The minimum Gasteiger partial charge on any atom is -0.527 e. The van der Waals surface area contributed by atoms with Crippen LogP contribution in [0.2, 0.25) is 19.6 Å². The number of hydrogen-bond donors (Lipinski definition) is 0. The zero-order valence-corrected chi connectivity index (χ0v) is 9.35. The molecule has 0 fully saturated rings. The van der Waals surface area contributed by atoms with Crippen molar-refractivity contribution in [2.75, 3.05) is 0 Å². The summed E-state index contributed by atoms with van der Waals surface area (Å²) in [5.41, 5.74) is -0.0741. The molecule has 14 heavy (non-hydrogen) atoms. The summed E-state index contributed by atoms with van der Waals surface area (Å²) in [7, 11) is -1.84. The van der Waals surface area contributed by atoms with Gasteiger partial charge in [-0.25, -0.2) is 4.98 Å². The van der Waals surface area contributed by atoms with E-state index in [9.17, 15) is 10.1 Å². The van der Waals surface area contributed by atoms with Crippen molar-refractivity contribution in [1.82, 2.24) is 4.98 Å². The Kier molecular flexibility index (Phi) is 2.85. The van der Waals surface area contributed by atoms with Gasteiger partial charge in [0.05, 0.1) is 4.92 Å². The summed E-state index contributed by atoms with van der Waals surface area (Å²) in [6.45, 7) is 5.85. The lowest BCUT2D eigenvalue weighted by molar-refractivity contribution is -0.385. The van der Waals surface area contributed by atoms with Gasteiger partial charge in [0.15, 0.2) is 0 Å². The minimum absolute atomic E-state index is 0.0741. The number of pyridine rings is 1. The van der Waals surface area contributed by atoms with Gasteiger partial charge < -0.3 is 4.43 Å². The molecule has 1 rings (SSSR count). The molecule has 0 saturated heterocycles. The van der Waals surface area contributed by atoms with Gasteiger partial charge in [0.1, 0.15) is 0 Å². The Morgan fingerprint density at radius 1 is 1.50 bits per heavy atom. The fraction of sp³-hybridized carbons (Fsp3) is 0.375. The Morgan fingerprint density at radius 3 is 2.64 bits per heavy atom. The molecule has 6 heteroatoms. The van der Waals surface area contributed by atoms with Crippen LogP contribution in [-0.4, -0.2) is 18.2 Å². The van der Waals surface area contributed by atoms with Crippen LogP contribution in [0.1, 0.15) is 0 Å². The molecule has 0 aliphatic carbocycles. The number of aromatic nitrogens is 1. The van der Waals surface area contributed by atoms with Crippen LogP contribution < -0.4 is 4.43 Å². The molecule has 0 spiro atoms. The molecule has 0 aliphatic heterocycles. The molecule has 1 heterocycles. The van der Waals surface area contributed by atoms with Gasteiger partial charge in [-0.3, -0.25) is 10.1 Å². The second-order valence-electron chi connectivity index (χ2n) is 3.80. The smallest absolute Gasteiger partial charge is 0.329 e. The van der Waals surface area contributed by atoms with Crippen LogP contribution in [0.25, 0.3) is 0 Å². The number of nitro groups is 1. The first-order chi connectivity index (χ1) is 6.40. The largest absolute Gasteiger partial charge is 0.527 e. The molecule has 5 nitrogen and oxygen atoms in total. The van der Waals surface area contributed by atoms with Crippen molar-refractivity contribution < 1.29 is 9.35 Å². The van der Waals surface area contributed by atoms with E-state index in [0.29, 0.717) is 0 Å². The Hall–Kier alpha value is -1.43. The van der Waals surface area contributed by atoms with Crippen LogP contribution in [-0.2, 0) is 0 Å². The van der Waals surface area contributed by atoms with Gasteiger partial charge >= 0.3 is 5.69 Å². The number of nitrogens with zero attached hydrogens (tertiary/aromatic N) is 2. The van der Waals surface area contributed by atoms with E-state index in [1.54, 1.807) is 0 Å². The topological polar surface area (TPSA) is 65.3 Å². The monoisotopic (exact) mass is 212 g/mol. The van der Waals surface area contributed by atoms with Crippen molar-refractivity contribution in [1.29, 1.82) is 0 Å². The first-order valence-corrected chi connectivity index (χ1v) is 7.59. The molecule has 0 atom stereocenters. The molecule has 0 amide bonds. The Bertz CT molecular complexity index is 349. The van der Waals surface area contributed by atoms with Crippen LogP contribution >= 0.6 is 0 Å². The highest BCUT2D eigenvalue weighted by Gasteiger charge is 2.23. The predicted octanol–water partition coefficient (Wildman–Crippen LogP) is 2.20. The van der Waals surface area contributed by atoms with E-state index in [2.05, 4.69) is 4.98 Å². The van der Waals surface area contributed by atoms with Gasteiger partial charge in [-0.15, -0.1) is 0 Å². The first-order valence-electron chi connectivity index (χ1n) is 4.18. The second kappa shape index (κ2) is 3.75. The average Bonchev–Trinajstić information content (AvgIpc) is 2.01. The molecular weight excluding hydrogens is 200 g/mol. The van der Waals surface area contributed by atoms with Crippen molar-refractivity contribution in [2.24, 2.45) is 0 Å². The Labute approximate surface area is 83.0 Å². The van der Waals surface area contributed by atoms with Crippen molar-refractivity contribution >= 4 is 14.0 Å². The quantitative estimate of drug-likeness (QED) is 0.437. The van der Waals surface area contributed by atoms with Crippen LogP contribution in [0.5, 0.6) is 5.88 Å². The van der Waals surface area contributed by atoms with Gasteiger partial charge in [0.25, 0.3) is 5.88 Å². The summed E-state index contributed by atoms with van der Waals surface area (Å²) < 4.78 is 5.48. The molecule has 1 aromatic rings.